The summed E-state index contributed by atoms with van der Waals surface area (Å²) in [5, 5.41) is 0. The van der Waals surface area contributed by atoms with Gasteiger partial charge in [0, 0.05) is 0 Å². The number of rotatable bonds is 7. The maximum absolute atomic E-state index is 12.5. The van der Waals surface area contributed by atoms with Gasteiger partial charge in [-0.15, -0.1) is 0 Å². The van der Waals surface area contributed by atoms with Gasteiger partial charge in [0.15, 0.2) is 0 Å². The number of halogens is 2. The summed E-state index contributed by atoms with van der Waals surface area (Å²) in [5.74, 6) is -1.64. The summed E-state index contributed by atoms with van der Waals surface area (Å²) < 4.78 is 8.78. The van der Waals surface area contributed by atoms with E-state index in [2.05, 4.69) is 31.9 Å². The fraction of sp³-hybridized carbons (Fsp3) is 0.200. The minimum atomic E-state index is -1.66. The van der Waals surface area contributed by atoms with Crippen LogP contribution in [0.15, 0.2) is 48.5 Å². The molecule has 2 rings (SSSR count). The normalized spacial score (nSPS) is 12.6. The lowest BCUT2D eigenvalue weighted by molar-refractivity contribution is -0.134. The van der Waals surface area contributed by atoms with Crippen LogP contribution in [-0.4, -0.2) is 33.5 Å². The van der Waals surface area contributed by atoms with Crippen LogP contribution in [0.2, 0.25) is 0 Å². The van der Waals surface area contributed by atoms with Gasteiger partial charge < -0.3 is 9.47 Å². The summed E-state index contributed by atoms with van der Waals surface area (Å²) >= 11 is 5.42. The van der Waals surface area contributed by atoms with Gasteiger partial charge in [-0.1, -0.05) is 36.4 Å². The van der Waals surface area contributed by atoms with E-state index in [1.165, 1.54) is 12.1 Å². The number of ether oxygens (including phenoxy) is 2. The van der Waals surface area contributed by atoms with Gasteiger partial charge in [0.05, 0.1) is 11.1 Å². The van der Waals surface area contributed by atoms with E-state index in [-0.39, 0.29) is 11.1 Å². The molecule has 0 radical (unpaired) electrons. The van der Waals surface area contributed by atoms with Crippen LogP contribution in [0.1, 0.15) is 31.8 Å². The molecule has 2 unspecified atom stereocenters. The van der Waals surface area contributed by atoms with Crippen LogP contribution in [0.3, 0.4) is 0 Å². The minimum absolute atomic E-state index is 0.229. The first-order chi connectivity index (χ1) is 13.2. The van der Waals surface area contributed by atoms with E-state index in [9.17, 15) is 19.2 Å². The SMILES string of the molecule is Cc1ccccc1C(=O)OC(C(=O)Br)C(OC(=O)c1ccccc1C)C(=O)Br. The number of esters is 2. The topological polar surface area (TPSA) is 86.7 Å². The van der Waals surface area contributed by atoms with E-state index in [0.29, 0.717) is 11.1 Å². The molecular formula is C20H16Br2O6. The molecular weight excluding hydrogens is 496 g/mol. The molecule has 2 aromatic carbocycles. The molecule has 0 bridgehead atoms. The van der Waals surface area contributed by atoms with Crippen molar-refractivity contribution in [3.63, 3.8) is 0 Å². The van der Waals surface area contributed by atoms with Crippen LogP contribution in [0.25, 0.3) is 0 Å². The largest absolute Gasteiger partial charge is 0.445 e. The highest BCUT2D eigenvalue weighted by molar-refractivity contribution is 9.18. The predicted octanol–water partition coefficient (Wildman–Crippen LogP) is 3.90. The summed E-state index contributed by atoms with van der Waals surface area (Å²) in [4.78, 5) is 48.9. The highest BCUT2D eigenvalue weighted by Gasteiger charge is 2.38. The van der Waals surface area contributed by atoms with E-state index in [1.54, 1.807) is 50.2 Å². The van der Waals surface area contributed by atoms with Crippen molar-refractivity contribution in [3.05, 3.63) is 70.8 Å². The van der Waals surface area contributed by atoms with Crippen LogP contribution in [0.4, 0.5) is 0 Å². The van der Waals surface area contributed by atoms with Gasteiger partial charge in [0.25, 0.3) is 0 Å². The Hall–Kier alpha value is -2.32. The molecule has 0 aliphatic carbocycles. The van der Waals surface area contributed by atoms with Crippen molar-refractivity contribution in [1.82, 2.24) is 0 Å². The number of carbonyl (C=O) groups is 4. The molecule has 2 atom stereocenters. The Morgan fingerprint density at radius 2 is 1.00 bits per heavy atom. The van der Waals surface area contributed by atoms with Gasteiger partial charge in [-0.25, -0.2) is 9.59 Å². The van der Waals surface area contributed by atoms with Gasteiger partial charge in [-0.3, -0.25) is 9.59 Å². The van der Waals surface area contributed by atoms with E-state index < -0.39 is 33.5 Å². The van der Waals surface area contributed by atoms with E-state index in [4.69, 9.17) is 9.47 Å². The molecule has 0 aliphatic heterocycles. The average Bonchev–Trinajstić information content (AvgIpc) is 2.64. The number of hydrogen-bond acceptors (Lipinski definition) is 6. The zero-order valence-electron chi connectivity index (χ0n) is 15.0. The van der Waals surface area contributed by atoms with Crippen molar-refractivity contribution in [2.45, 2.75) is 26.1 Å². The third kappa shape index (κ3) is 5.36. The summed E-state index contributed by atoms with van der Waals surface area (Å²) in [6.45, 7) is 3.40. The highest BCUT2D eigenvalue weighted by Crippen LogP contribution is 2.19. The molecule has 0 saturated heterocycles. The molecule has 6 nitrogen and oxygen atoms in total. The van der Waals surface area contributed by atoms with Crippen molar-refractivity contribution >= 4 is 53.2 Å². The molecule has 28 heavy (non-hydrogen) atoms. The predicted molar refractivity (Wildman–Crippen MR) is 109 cm³/mol. The van der Waals surface area contributed by atoms with Gasteiger partial charge >= 0.3 is 11.9 Å². The first kappa shape index (κ1) is 22.0. The molecule has 0 N–H and O–H groups in total. The van der Waals surface area contributed by atoms with Gasteiger partial charge in [-0.05, 0) is 69.0 Å². The van der Waals surface area contributed by atoms with E-state index in [0.717, 1.165) is 0 Å². The van der Waals surface area contributed by atoms with E-state index in [1.807, 2.05) is 0 Å². The molecule has 0 fully saturated rings. The summed E-state index contributed by atoms with van der Waals surface area (Å²) in [6.07, 6.45) is -3.32. The van der Waals surface area contributed by atoms with Crippen molar-refractivity contribution in [1.29, 1.82) is 0 Å². The molecule has 146 valence electrons. The Morgan fingerprint density at radius 3 is 1.29 bits per heavy atom. The smallest absolute Gasteiger partial charge is 0.339 e. The summed E-state index contributed by atoms with van der Waals surface area (Å²) in [7, 11) is 0. The van der Waals surface area contributed by atoms with Crippen molar-refractivity contribution in [3.8, 4) is 0 Å². The van der Waals surface area contributed by atoms with Crippen molar-refractivity contribution in [2.24, 2.45) is 0 Å². The van der Waals surface area contributed by atoms with Crippen LogP contribution < -0.4 is 0 Å². The standard InChI is InChI=1S/C20H16Br2O6/c1-11-7-3-5-9-13(11)19(25)27-15(17(21)23)16(18(22)24)28-20(26)14-10-6-4-8-12(14)2/h3-10,15-16H,1-2H3. The fourth-order valence-corrected chi connectivity index (χ4v) is 3.08. The minimum Gasteiger partial charge on any atom is -0.445 e. The van der Waals surface area contributed by atoms with Crippen LogP contribution in [0.5, 0.6) is 0 Å². The van der Waals surface area contributed by atoms with Crippen LogP contribution in [-0.2, 0) is 19.1 Å². The number of benzene rings is 2. The van der Waals surface area contributed by atoms with Crippen LogP contribution in [0, 0.1) is 13.8 Å². The van der Waals surface area contributed by atoms with Gasteiger partial charge in [0.1, 0.15) is 0 Å². The number of aryl methyl sites for hydroxylation is 2. The second kappa shape index (κ2) is 9.75. The molecule has 8 heteroatoms. The third-order valence-electron chi connectivity index (χ3n) is 3.92. The first-order valence-corrected chi connectivity index (χ1v) is 9.73. The number of hydrogen-bond donors (Lipinski definition) is 0. The Labute approximate surface area is 178 Å². The Morgan fingerprint density at radius 1 is 0.679 bits per heavy atom. The molecule has 2 aromatic rings. The molecule has 0 aliphatic rings. The Bertz CT molecular complexity index is 849. The average molecular weight is 512 g/mol. The van der Waals surface area contributed by atoms with Crippen molar-refractivity contribution < 1.29 is 28.7 Å². The molecule has 0 amide bonds. The second-order valence-electron chi connectivity index (χ2n) is 5.89. The molecule has 0 heterocycles. The van der Waals surface area contributed by atoms with Crippen LogP contribution >= 0.6 is 31.9 Å². The lowest BCUT2D eigenvalue weighted by Crippen LogP contribution is -2.42. The third-order valence-corrected chi connectivity index (χ3v) is 4.82. The van der Waals surface area contributed by atoms with Crippen molar-refractivity contribution in [2.75, 3.05) is 0 Å². The zero-order chi connectivity index (χ0) is 20.8. The lowest BCUT2D eigenvalue weighted by Gasteiger charge is -2.22. The van der Waals surface area contributed by atoms with E-state index >= 15 is 0 Å². The lowest BCUT2D eigenvalue weighted by atomic mass is 10.1. The first-order valence-electron chi connectivity index (χ1n) is 8.14. The zero-order valence-corrected chi connectivity index (χ0v) is 18.2. The Kier molecular flexibility index (Phi) is 7.65. The molecule has 0 aromatic heterocycles. The molecule has 0 saturated carbocycles. The summed E-state index contributed by atoms with van der Waals surface area (Å²) in [6, 6.07) is 13.2. The van der Waals surface area contributed by atoms with Gasteiger partial charge in [-0.2, -0.15) is 0 Å². The molecule has 0 spiro atoms. The maximum atomic E-state index is 12.5. The van der Waals surface area contributed by atoms with Gasteiger partial charge in [0.2, 0.25) is 21.6 Å². The summed E-state index contributed by atoms with van der Waals surface area (Å²) in [5.41, 5.74) is 1.72. The maximum Gasteiger partial charge on any atom is 0.339 e. The fourth-order valence-electron chi connectivity index (χ4n) is 2.42. The Balaban J connectivity index is 2.27. The quantitative estimate of drug-likeness (QED) is 0.414. The monoisotopic (exact) mass is 510 g/mol. The second-order valence-corrected chi connectivity index (χ2v) is 7.45. The highest BCUT2D eigenvalue weighted by atomic mass is 79.9. The number of carbonyl (C=O) groups excluding carboxylic acids is 4.